The Balaban J connectivity index is 2.20. The van der Waals surface area contributed by atoms with Crippen molar-refractivity contribution in [1.82, 2.24) is 0 Å². The van der Waals surface area contributed by atoms with Crippen LogP contribution in [-0.2, 0) is 4.79 Å². The summed E-state index contributed by atoms with van der Waals surface area (Å²) in [6.07, 6.45) is 5.90. The van der Waals surface area contributed by atoms with Crippen LogP contribution in [0.4, 0.5) is 0 Å². The van der Waals surface area contributed by atoms with Crippen molar-refractivity contribution >= 4 is 39.0 Å². The highest BCUT2D eigenvalue weighted by atomic mass is 16.1. The van der Waals surface area contributed by atoms with Crippen LogP contribution in [0.3, 0.4) is 0 Å². The molecule has 0 spiro atoms. The molecule has 0 bridgehead atoms. The molecule has 22 heavy (non-hydrogen) atoms. The van der Waals surface area contributed by atoms with Gasteiger partial charge in [-0.25, -0.2) is 0 Å². The van der Waals surface area contributed by atoms with Crippen molar-refractivity contribution in [3.63, 3.8) is 0 Å². The van der Waals surface area contributed by atoms with Crippen molar-refractivity contribution in [1.29, 1.82) is 0 Å². The largest absolute Gasteiger partial charge is 0.294 e. The molecule has 0 saturated carbocycles. The number of carbonyl (C=O) groups excluding carboxylic acids is 1. The smallest absolute Gasteiger partial charge is 0.164 e. The van der Waals surface area contributed by atoms with E-state index in [1.165, 1.54) is 26.8 Å². The molecule has 0 fully saturated rings. The normalized spacial score (nSPS) is 16.5. The van der Waals surface area contributed by atoms with Gasteiger partial charge in [-0.1, -0.05) is 54.6 Å². The third kappa shape index (κ3) is 1.41. The number of rotatable bonds is 0. The van der Waals surface area contributed by atoms with E-state index >= 15 is 0 Å². The van der Waals surface area contributed by atoms with Crippen LogP contribution in [-0.4, -0.2) is 5.78 Å². The van der Waals surface area contributed by atoms with Crippen molar-refractivity contribution in [3.8, 4) is 0 Å². The summed E-state index contributed by atoms with van der Waals surface area (Å²) in [7, 11) is 0. The summed E-state index contributed by atoms with van der Waals surface area (Å²) < 4.78 is 0. The summed E-state index contributed by atoms with van der Waals surface area (Å²) in [6.45, 7) is 0. The lowest BCUT2D eigenvalue weighted by Gasteiger charge is -2.11. The van der Waals surface area contributed by atoms with Crippen molar-refractivity contribution in [2.24, 2.45) is 0 Å². The summed E-state index contributed by atoms with van der Waals surface area (Å²) >= 11 is 0. The molecule has 0 radical (unpaired) electrons. The Hall–Kier alpha value is -2.67. The van der Waals surface area contributed by atoms with E-state index in [0.29, 0.717) is 6.42 Å². The molecule has 5 rings (SSSR count). The number of allylic oxidation sites excluding steroid dienone is 2. The van der Waals surface area contributed by atoms with Crippen molar-refractivity contribution in [3.05, 3.63) is 70.6 Å². The van der Waals surface area contributed by atoms with Crippen LogP contribution in [0.15, 0.2) is 60.2 Å². The fourth-order valence-electron chi connectivity index (χ4n) is 3.91. The minimum atomic E-state index is 0.285. The lowest BCUT2D eigenvalue weighted by Crippen LogP contribution is -2.27. The predicted octanol–water partition coefficient (Wildman–Crippen LogP) is 3.23. The Labute approximate surface area is 127 Å². The number of hydrogen-bond donors (Lipinski definition) is 0. The van der Waals surface area contributed by atoms with E-state index in [1.54, 1.807) is 0 Å². The second-order valence-corrected chi connectivity index (χ2v) is 6.02. The van der Waals surface area contributed by atoms with Crippen molar-refractivity contribution in [2.75, 3.05) is 0 Å². The molecule has 2 aliphatic carbocycles. The molecule has 3 aromatic carbocycles. The second kappa shape index (κ2) is 4.17. The first-order valence-electron chi connectivity index (χ1n) is 7.74. The maximum Gasteiger partial charge on any atom is 0.164 e. The quantitative estimate of drug-likeness (QED) is 0.579. The van der Waals surface area contributed by atoms with Gasteiger partial charge in [-0.15, -0.1) is 0 Å². The third-order valence-corrected chi connectivity index (χ3v) is 4.83. The van der Waals surface area contributed by atoms with Crippen LogP contribution in [0.1, 0.15) is 12.8 Å². The average Bonchev–Trinajstić information content (AvgIpc) is 2.96. The first-order chi connectivity index (χ1) is 10.8. The highest BCUT2D eigenvalue weighted by Crippen LogP contribution is 2.28. The molecule has 0 unspecified atom stereocenters. The van der Waals surface area contributed by atoms with Crippen molar-refractivity contribution < 1.29 is 4.79 Å². The van der Waals surface area contributed by atoms with Gasteiger partial charge in [0.15, 0.2) is 5.78 Å². The van der Waals surface area contributed by atoms with E-state index in [2.05, 4.69) is 60.7 Å². The zero-order chi connectivity index (χ0) is 14.7. The first kappa shape index (κ1) is 11.9. The molecule has 0 amide bonds. The number of ketones is 1. The lowest BCUT2D eigenvalue weighted by atomic mass is 9.92. The lowest BCUT2D eigenvalue weighted by molar-refractivity contribution is -0.113. The van der Waals surface area contributed by atoms with Crippen LogP contribution >= 0.6 is 0 Å². The number of benzene rings is 3. The molecule has 0 N–H and O–H groups in total. The Bertz CT molecular complexity index is 1130. The van der Waals surface area contributed by atoms with Crippen LogP contribution in [0.25, 0.3) is 33.2 Å². The Morgan fingerprint density at radius 3 is 2.18 bits per heavy atom. The van der Waals surface area contributed by atoms with Gasteiger partial charge in [0.25, 0.3) is 0 Å². The molecule has 0 heterocycles. The monoisotopic (exact) mass is 282 g/mol. The summed E-state index contributed by atoms with van der Waals surface area (Å²) in [4.78, 5) is 12.5. The fraction of sp³-hybridized carbons (Fsp3) is 0.0952. The second-order valence-electron chi connectivity index (χ2n) is 6.02. The molecule has 0 aliphatic heterocycles. The molecular weight excluding hydrogens is 268 g/mol. The molecule has 1 nitrogen and oxygen atoms in total. The highest BCUT2D eigenvalue weighted by molar-refractivity contribution is 6.27. The number of Topliss-reactive ketones (excluding diaryl/α,β-unsaturated/α-hetero) is 1. The molecule has 0 saturated heterocycles. The van der Waals surface area contributed by atoms with Gasteiger partial charge in [0, 0.05) is 17.2 Å². The number of hydrogen-bond acceptors (Lipinski definition) is 1. The zero-order valence-corrected chi connectivity index (χ0v) is 12.1. The van der Waals surface area contributed by atoms with E-state index in [0.717, 1.165) is 22.8 Å². The summed E-state index contributed by atoms with van der Waals surface area (Å²) in [5.41, 5.74) is 2.05. The topological polar surface area (TPSA) is 17.1 Å². The highest BCUT2D eigenvalue weighted by Gasteiger charge is 2.23. The minimum absolute atomic E-state index is 0.285. The number of carbonyl (C=O) groups is 1. The van der Waals surface area contributed by atoms with E-state index in [9.17, 15) is 4.79 Å². The van der Waals surface area contributed by atoms with E-state index in [-0.39, 0.29) is 5.78 Å². The minimum Gasteiger partial charge on any atom is -0.294 e. The maximum atomic E-state index is 12.5. The van der Waals surface area contributed by atoms with Gasteiger partial charge in [-0.3, -0.25) is 4.79 Å². The molecule has 0 atom stereocenters. The van der Waals surface area contributed by atoms with Crippen LogP contribution < -0.4 is 10.4 Å². The fourth-order valence-corrected chi connectivity index (χ4v) is 3.91. The Morgan fingerprint density at radius 1 is 0.773 bits per heavy atom. The predicted molar refractivity (Wildman–Crippen MR) is 90.9 cm³/mol. The van der Waals surface area contributed by atoms with Crippen LogP contribution in [0.2, 0.25) is 0 Å². The Morgan fingerprint density at radius 2 is 1.41 bits per heavy atom. The van der Waals surface area contributed by atoms with Crippen LogP contribution in [0.5, 0.6) is 0 Å². The summed E-state index contributed by atoms with van der Waals surface area (Å²) in [5.74, 6) is 0.285. The Kier molecular flexibility index (Phi) is 2.26. The van der Waals surface area contributed by atoms with E-state index < -0.39 is 0 Å². The average molecular weight is 282 g/mol. The van der Waals surface area contributed by atoms with Gasteiger partial charge in [0.05, 0.1) is 0 Å². The van der Waals surface area contributed by atoms with E-state index in [4.69, 9.17) is 0 Å². The zero-order valence-electron chi connectivity index (χ0n) is 12.1. The molecule has 2 aliphatic rings. The molecule has 104 valence electrons. The van der Waals surface area contributed by atoms with Crippen molar-refractivity contribution in [2.45, 2.75) is 12.8 Å². The molecular formula is C21H14O. The summed E-state index contributed by atoms with van der Waals surface area (Å²) in [5, 5.41) is 7.29. The van der Waals surface area contributed by atoms with Gasteiger partial charge >= 0.3 is 0 Å². The van der Waals surface area contributed by atoms with Gasteiger partial charge in [-0.2, -0.15) is 0 Å². The van der Waals surface area contributed by atoms with Gasteiger partial charge in [0.2, 0.25) is 0 Å². The first-order valence-corrected chi connectivity index (χ1v) is 7.74. The van der Waals surface area contributed by atoms with Gasteiger partial charge < -0.3 is 0 Å². The third-order valence-electron chi connectivity index (χ3n) is 4.83. The van der Waals surface area contributed by atoms with Crippen LogP contribution in [0, 0.1) is 0 Å². The standard InChI is InChI=1S/C21H14O/c22-19-11-5-6-13-12-18-16-9-2-1-7-14(16)15-8-3-4-10-17(15)21(18)20(13)19/h1-4,6-10,12H,5,11H2. The molecule has 1 heteroatoms. The number of fused-ring (bicyclic) bond motifs is 7. The van der Waals surface area contributed by atoms with Gasteiger partial charge in [0.1, 0.15) is 0 Å². The van der Waals surface area contributed by atoms with E-state index in [1.807, 2.05) is 0 Å². The summed E-state index contributed by atoms with van der Waals surface area (Å²) in [6, 6.07) is 16.9. The molecule has 0 aromatic heterocycles. The SMILES string of the molecule is O=C1CCC=C2C=c3c(c4ccccc4c4ccccc34)=C12. The molecule has 3 aromatic rings. The maximum absolute atomic E-state index is 12.5. The van der Waals surface area contributed by atoms with Gasteiger partial charge in [-0.05, 0) is 44.8 Å².